The van der Waals surface area contributed by atoms with Gasteiger partial charge in [0, 0.05) is 18.7 Å². The highest BCUT2D eigenvalue weighted by atomic mass is 32.2. The summed E-state index contributed by atoms with van der Waals surface area (Å²) < 4.78 is 10.6. The summed E-state index contributed by atoms with van der Waals surface area (Å²) in [4.78, 5) is 19.3. The highest BCUT2D eigenvalue weighted by Gasteiger charge is 2.30. The predicted molar refractivity (Wildman–Crippen MR) is 106 cm³/mol. The van der Waals surface area contributed by atoms with Crippen LogP contribution in [0.3, 0.4) is 0 Å². The molecule has 1 fully saturated rings. The lowest BCUT2D eigenvalue weighted by atomic mass is 10.1. The molecule has 0 bridgehead atoms. The summed E-state index contributed by atoms with van der Waals surface area (Å²) in [6, 6.07) is 13.4. The van der Waals surface area contributed by atoms with Crippen LogP contribution in [0.5, 0.6) is 11.5 Å². The van der Waals surface area contributed by atoms with E-state index in [9.17, 15) is 4.79 Å². The van der Waals surface area contributed by atoms with Gasteiger partial charge in [-0.1, -0.05) is 17.7 Å². The molecule has 0 radical (unpaired) electrons. The molecule has 0 aliphatic carbocycles. The van der Waals surface area contributed by atoms with Crippen molar-refractivity contribution in [3.8, 4) is 11.5 Å². The number of nitrogens with zero attached hydrogens (tertiary/aromatic N) is 2. The van der Waals surface area contributed by atoms with E-state index in [0.717, 1.165) is 11.3 Å². The standard InChI is InChI=1S/C20H20N2O3S/c1-13-5-8-15(9-6-13)21-20-22(2)19(23)18(26-20)11-14-7-10-16(24-3)12-17(14)25-4/h5-12H,1-4H3/b18-11+,21-20?. The highest BCUT2D eigenvalue weighted by molar-refractivity contribution is 8.18. The molecule has 0 atom stereocenters. The van der Waals surface area contributed by atoms with E-state index < -0.39 is 0 Å². The molecular weight excluding hydrogens is 348 g/mol. The first-order valence-electron chi connectivity index (χ1n) is 8.07. The molecule has 0 spiro atoms. The Morgan fingerprint density at radius 3 is 2.46 bits per heavy atom. The number of methoxy groups -OCH3 is 2. The molecule has 0 N–H and O–H groups in total. The number of carbonyl (C=O) groups is 1. The van der Waals surface area contributed by atoms with Gasteiger partial charge in [0.05, 0.1) is 24.8 Å². The van der Waals surface area contributed by atoms with Crippen LogP contribution in [0.2, 0.25) is 0 Å². The number of aryl methyl sites for hydroxylation is 1. The Hall–Kier alpha value is -2.73. The third-order valence-corrected chi connectivity index (χ3v) is 5.05. The van der Waals surface area contributed by atoms with Gasteiger partial charge in [-0.25, -0.2) is 4.99 Å². The van der Waals surface area contributed by atoms with Gasteiger partial charge < -0.3 is 9.47 Å². The van der Waals surface area contributed by atoms with Crippen molar-refractivity contribution in [2.75, 3.05) is 21.3 Å². The molecule has 134 valence electrons. The van der Waals surface area contributed by atoms with Crippen molar-refractivity contribution in [1.82, 2.24) is 4.90 Å². The Bertz CT molecular complexity index is 888. The second-order valence-corrected chi connectivity index (χ2v) is 6.82. The first-order chi connectivity index (χ1) is 12.5. The van der Waals surface area contributed by atoms with E-state index in [1.54, 1.807) is 32.2 Å². The molecule has 1 heterocycles. The molecule has 1 saturated heterocycles. The van der Waals surface area contributed by atoms with E-state index in [4.69, 9.17) is 9.47 Å². The zero-order chi connectivity index (χ0) is 18.7. The number of thioether (sulfide) groups is 1. The molecule has 0 aromatic heterocycles. The summed E-state index contributed by atoms with van der Waals surface area (Å²) >= 11 is 1.35. The Labute approximate surface area is 157 Å². The highest BCUT2D eigenvalue weighted by Crippen LogP contribution is 2.35. The topological polar surface area (TPSA) is 51.1 Å². The average molecular weight is 368 g/mol. The zero-order valence-corrected chi connectivity index (χ0v) is 16.0. The molecule has 3 rings (SSSR count). The number of amides is 1. The summed E-state index contributed by atoms with van der Waals surface area (Å²) in [7, 11) is 4.93. The summed E-state index contributed by atoms with van der Waals surface area (Å²) in [6.07, 6.45) is 1.82. The minimum absolute atomic E-state index is 0.0845. The average Bonchev–Trinajstić information content (AvgIpc) is 2.92. The van der Waals surface area contributed by atoms with Crippen LogP contribution in [-0.4, -0.2) is 37.2 Å². The van der Waals surface area contributed by atoms with E-state index in [-0.39, 0.29) is 5.91 Å². The van der Waals surface area contributed by atoms with Gasteiger partial charge >= 0.3 is 0 Å². The number of carbonyl (C=O) groups excluding carboxylic acids is 1. The molecule has 26 heavy (non-hydrogen) atoms. The van der Waals surface area contributed by atoms with Gasteiger partial charge in [0.1, 0.15) is 11.5 Å². The van der Waals surface area contributed by atoms with Gasteiger partial charge in [-0.2, -0.15) is 0 Å². The van der Waals surface area contributed by atoms with Gasteiger partial charge in [0.15, 0.2) is 5.17 Å². The summed E-state index contributed by atoms with van der Waals surface area (Å²) in [6.45, 7) is 2.03. The van der Waals surface area contributed by atoms with E-state index >= 15 is 0 Å². The van der Waals surface area contributed by atoms with Gasteiger partial charge in [-0.15, -0.1) is 0 Å². The van der Waals surface area contributed by atoms with Crippen molar-refractivity contribution in [1.29, 1.82) is 0 Å². The lowest BCUT2D eigenvalue weighted by molar-refractivity contribution is -0.121. The van der Waals surface area contributed by atoms with Crippen molar-refractivity contribution in [2.24, 2.45) is 4.99 Å². The maximum Gasteiger partial charge on any atom is 0.266 e. The second kappa shape index (κ2) is 7.66. The van der Waals surface area contributed by atoms with E-state index in [2.05, 4.69) is 4.99 Å². The fraction of sp³-hybridized carbons (Fsp3) is 0.200. The number of rotatable bonds is 4. The number of hydrogen-bond donors (Lipinski definition) is 0. The van der Waals surface area contributed by atoms with Crippen molar-refractivity contribution in [3.63, 3.8) is 0 Å². The van der Waals surface area contributed by atoms with Crippen LogP contribution in [0.15, 0.2) is 52.4 Å². The van der Waals surface area contributed by atoms with Gasteiger partial charge in [-0.3, -0.25) is 9.69 Å². The predicted octanol–water partition coefficient (Wildman–Crippen LogP) is 4.25. The van der Waals surface area contributed by atoms with E-state index in [1.165, 1.54) is 17.3 Å². The van der Waals surface area contributed by atoms with Crippen molar-refractivity contribution in [3.05, 3.63) is 58.5 Å². The maximum atomic E-state index is 12.6. The normalized spacial score (nSPS) is 17.2. The Kier molecular flexibility index (Phi) is 5.32. The molecule has 2 aromatic rings. The fourth-order valence-corrected chi connectivity index (χ4v) is 3.44. The van der Waals surface area contributed by atoms with Crippen LogP contribution < -0.4 is 9.47 Å². The molecule has 0 unspecified atom stereocenters. The smallest absolute Gasteiger partial charge is 0.266 e. The SMILES string of the molecule is COc1ccc(/C=C2/SC(=Nc3ccc(C)cc3)N(C)C2=O)c(OC)c1. The molecule has 1 aliphatic rings. The van der Waals surface area contributed by atoms with Crippen LogP contribution in [0.4, 0.5) is 5.69 Å². The summed E-state index contributed by atoms with van der Waals surface area (Å²) in [5.74, 6) is 1.27. The van der Waals surface area contributed by atoms with Crippen molar-refractivity contribution >= 4 is 34.6 Å². The number of ether oxygens (including phenoxy) is 2. The van der Waals surface area contributed by atoms with Crippen LogP contribution in [0, 0.1) is 6.92 Å². The first kappa shape index (κ1) is 18.1. The number of aliphatic imine (C=N–C) groups is 1. The minimum Gasteiger partial charge on any atom is -0.497 e. The molecular formula is C20H20N2O3S. The summed E-state index contributed by atoms with van der Waals surface area (Å²) in [5.41, 5.74) is 2.81. The number of hydrogen-bond acceptors (Lipinski definition) is 5. The van der Waals surface area contributed by atoms with Crippen LogP contribution in [0.1, 0.15) is 11.1 Å². The fourth-order valence-electron chi connectivity index (χ4n) is 2.46. The minimum atomic E-state index is -0.0845. The quantitative estimate of drug-likeness (QED) is 0.757. The monoisotopic (exact) mass is 368 g/mol. The maximum absolute atomic E-state index is 12.6. The molecule has 2 aromatic carbocycles. The Morgan fingerprint density at radius 2 is 1.81 bits per heavy atom. The zero-order valence-electron chi connectivity index (χ0n) is 15.1. The first-order valence-corrected chi connectivity index (χ1v) is 8.88. The van der Waals surface area contributed by atoms with Crippen LogP contribution in [-0.2, 0) is 4.79 Å². The van der Waals surface area contributed by atoms with Gasteiger partial charge in [0.2, 0.25) is 0 Å². The third kappa shape index (κ3) is 3.75. The number of likely N-dealkylation sites (N-methyl/N-ethyl adjacent to an activating group) is 1. The Balaban J connectivity index is 1.91. The Morgan fingerprint density at radius 1 is 1.08 bits per heavy atom. The lowest BCUT2D eigenvalue weighted by Crippen LogP contribution is -2.23. The third-order valence-electron chi connectivity index (χ3n) is 3.99. The molecule has 0 saturated carbocycles. The number of amidine groups is 1. The number of benzene rings is 2. The molecule has 1 aliphatic heterocycles. The van der Waals surface area contributed by atoms with Gasteiger partial charge in [-0.05, 0) is 49.0 Å². The second-order valence-electron chi connectivity index (χ2n) is 5.81. The summed E-state index contributed by atoms with van der Waals surface area (Å²) in [5, 5.41) is 0.651. The van der Waals surface area contributed by atoms with E-state index in [1.807, 2.05) is 49.4 Å². The van der Waals surface area contributed by atoms with Crippen LogP contribution in [0.25, 0.3) is 6.08 Å². The van der Waals surface area contributed by atoms with E-state index in [0.29, 0.717) is 21.6 Å². The van der Waals surface area contributed by atoms with Crippen molar-refractivity contribution in [2.45, 2.75) is 6.92 Å². The lowest BCUT2D eigenvalue weighted by Gasteiger charge is -2.08. The van der Waals surface area contributed by atoms with Crippen molar-refractivity contribution < 1.29 is 14.3 Å². The largest absolute Gasteiger partial charge is 0.497 e. The molecule has 5 nitrogen and oxygen atoms in total. The van der Waals surface area contributed by atoms with Crippen LogP contribution >= 0.6 is 11.8 Å². The van der Waals surface area contributed by atoms with Gasteiger partial charge in [0.25, 0.3) is 5.91 Å². The molecule has 1 amide bonds. The molecule has 6 heteroatoms.